The number of benzene rings is 3. The van der Waals surface area contributed by atoms with Gasteiger partial charge in [-0.05, 0) is 73.7 Å². The number of halogens is 3. The predicted octanol–water partition coefficient (Wildman–Crippen LogP) is 5.80. The molecule has 10 heteroatoms. The van der Waals surface area contributed by atoms with Gasteiger partial charge in [-0.2, -0.15) is 0 Å². The van der Waals surface area contributed by atoms with Crippen molar-refractivity contribution in [1.29, 1.82) is 0 Å². The molecule has 1 aliphatic rings. The summed E-state index contributed by atoms with van der Waals surface area (Å²) in [5, 5.41) is 3.22. The number of amides is 1. The van der Waals surface area contributed by atoms with Crippen LogP contribution in [0, 0.1) is 11.6 Å². The largest absolute Gasteiger partial charge is 0.376 e. The van der Waals surface area contributed by atoms with Crippen LogP contribution in [0.5, 0.6) is 0 Å². The van der Waals surface area contributed by atoms with Crippen molar-refractivity contribution in [3.63, 3.8) is 0 Å². The summed E-state index contributed by atoms with van der Waals surface area (Å²) in [6.45, 7) is 2.75. The average Bonchev–Trinajstić information content (AvgIpc) is 3.42. The van der Waals surface area contributed by atoms with E-state index in [0.717, 1.165) is 40.9 Å². The van der Waals surface area contributed by atoms with Gasteiger partial charge in [-0.1, -0.05) is 35.9 Å². The minimum Gasteiger partial charge on any atom is -0.376 e. The van der Waals surface area contributed by atoms with Gasteiger partial charge in [0.15, 0.2) is 0 Å². The highest BCUT2D eigenvalue weighted by Crippen LogP contribution is 2.37. The molecule has 6 nitrogen and oxygen atoms in total. The zero-order valence-electron chi connectivity index (χ0n) is 20.9. The second kappa shape index (κ2) is 12.2. The number of ether oxygens (including phenoxy) is 1. The van der Waals surface area contributed by atoms with Crippen LogP contribution in [0.3, 0.4) is 0 Å². The maximum atomic E-state index is 15.0. The number of sulfonamides is 1. The molecule has 4 rings (SSSR count). The molecule has 3 aromatic rings. The van der Waals surface area contributed by atoms with Crippen LogP contribution in [0.4, 0.5) is 14.5 Å². The lowest BCUT2D eigenvalue weighted by molar-refractivity contribution is -0.121. The minimum absolute atomic E-state index is 0.0269. The van der Waals surface area contributed by atoms with Crippen molar-refractivity contribution in [1.82, 2.24) is 5.32 Å². The van der Waals surface area contributed by atoms with Crippen LogP contribution in [0.25, 0.3) is 0 Å². The highest BCUT2D eigenvalue weighted by atomic mass is 35.5. The molecule has 0 saturated carbocycles. The Labute approximate surface area is 226 Å². The Morgan fingerprint density at radius 1 is 1.13 bits per heavy atom. The Morgan fingerprint density at radius 2 is 1.87 bits per heavy atom. The van der Waals surface area contributed by atoms with Gasteiger partial charge in [-0.15, -0.1) is 0 Å². The van der Waals surface area contributed by atoms with Gasteiger partial charge in [0, 0.05) is 30.7 Å². The van der Waals surface area contributed by atoms with Gasteiger partial charge in [0.05, 0.1) is 22.7 Å². The zero-order valence-corrected chi connectivity index (χ0v) is 22.4. The zero-order chi connectivity index (χ0) is 27.3. The number of aryl methyl sites for hydroxylation is 1. The van der Waals surface area contributed by atoms with Crippen LogP contribution in [0.15, 0.2) is 71.6 Å². The van der Waals surface area contributed by atoms with Crippen LogP contribution in [0.2, 0.25) is 5.02 Å². The first-order valence-corrected chi connectivity index (χ1v) is 14.2. The number of carbonyl (C=O) groups is 1. The van der Waals surface area contributed by atoms with E-state index in [1.807, 2.05) is 0 Å². The number of anilines is 1. The number of hydrogen-bond acceptors (Lipinski definition) is 4. The van der Waals surface area contributed by atoms with E-state index < -0.39 is 33.4 Å². The topological polar surface area (TPSA) is 75.7 Å². The number of hydrogen-bond donors (Lipinski definition) is 1. The molecule has 0 radical (unpaired) electrons. The van der Waals surface area contributed by atoms with Crippen LogP contribution in [-0.2, 0) is 26.0 Å². The Bertz CT molecular complexity index is 1380. The molecule has 0 bridgehead atoms. The molecule has 1 amide bonds. The van der Waals surface area contributed by atoms with E-state index in [1.54, 1.807) is 31.2 Å². The van der Waals surface area contributed by atoms with Crippen LogP contribution >= 0.6 is 11.6 Å². The molecule has 0 aromatic heterocycles. The molecular weight excluding hydrogens is 534 g/mol. The maximum absolute atomic E-state index is 15.0. The lowest BCUT2D eigenvalue weighted by atomic mass is 9.97. The first-order valence-electron chi connectivity index (χ1n) is 12.4. The van der Waals surface area contributed by atoms with E-state index in [9.17, 15) is 17.6 Å². The van der Waals surface area contributed by atoms with Crippen LogP contribution in [0.1, 0.15) is 43.4 Å². The van der Waals surface area contributed by atoms with E-state index in [0.29, 0.717) is 30.2 Å². The second-order valence-corrected chi connectivity index (χ2v) is 11.4. The molecule has 2 atom stereocenters. The number of rotatable bonds is 10. The standard InChI is InChI=1S/C28H29ClF2N2O4S/c1-19(25-7-3-2-5-20(25)8-15-28(34)32-18-23-6-4-16-37-23)33(27-17-22(30)11-14-26(27)31)38(35,36)24-12-9-21(29)10-13-24/h2-3,5,7,9-14,17,19,23H,4,6,8,15-16,18H2,1H3,(H,32,34)/t19-,23?/m1/s1. The van der Waals surface area contributed by atoms with Gasteiger partial charge >= 0.3 is 0 Å². The van der Waals surface area contributed by atoms with E-state index >= 15 is 4.39 Å². The molecule has 202 valence electrons. The summed E-state index contributed by atoms with van der Waals surface area (Å²) < 4.78 is 63.3. The number of nitrogens with zero attached hydrogens (tertiary/aromatic N) is 1. The van der Waals surface area contributed by atoms with E-state index in [2.05, 4.69) is 5.32 Å². The highest BCUT2D eigenvalue weighted by molar-refractivity contribution is 7.92. The fourth-order valence-corrected chi connectivity index (χ4v) is 6.35. The highest BCUT2D eigenvalue weighted by Gasteiger charge is 2.33. The average molecular weight is 563 g/mol. The van der Waals surface area contributed by atoms with Crippen LogP contribution in [-0.4, -0.2) is 33.6 Å². The number of nitrogens with one attached hydrogen (secondary N) is 1. The van der Waals surface area contributed by atoms with E-state index in [1.165, 1.54) is 24.3 Å². The van der Waals surface area contributed by atoms with Gasteiger partial charge < -0.3 is 10.1 Å². The Balaban J connectivity index is 1.64. The first-order chi connectivity index (χ1) is 18.2. The molecule has 1 unspecified atom stereocenters. The van der Waals surface area contributed by atoms with E-state index in [-0.39, 0.29) is 23.3 Å². The fourth-order valence-electron chi connectivity index (χ4n) is 4.59. The third kappa shape index (κ3) is 6.51. The summed E-state index contributed by atoms with van der Waals surface area (Å²) in [6.07, 6.45) is 2.43. The third-order valence-corrected chi connectivity index (χ3v) is 8.70. The maximum Gasteiger partial charge on any atom is 0.264 e. The Morgan fingerprint density at radius 3 is 2.58 bits per heavy atom. The van der Waals surface area contributed by atoms with E-state index in [4.69, 9.17) is 16.3 Å². The smallest absolute Gasteiger partial charge is 0.264 e. The molecule has 3 aromatic carbocycles. The molecule has 38 heavy (non-hydrogen) atoms. The summed E-state index contributed by atoms with van der Waals surface area (Å²) >= 11 is 5.95. The van der Waals surface area contributed by atoms with Gasteiger partial charge in [-0.3, -0.25) is 9.10 Å². The van der Waals surface area contributed by atoms with Crippen molar-refractivity contribution in [3.05, 3.63) is 94.5 Å². The summed E-state index contributed by atoms with van der Waals surface area (Å²) in [4.78, 5) is 12.4. The number of carbonyl (C=O) groups excluding carboxylic acids is 1. The normalized spacial score (nSPS) is 16.3. The lowest BCUT2D eigenvalue weighted by Gasteiger charge is -2.32. The molecule has 1 saturated heterocycles. The summed E-state index contributed by atoms with van der Waals surface area (Å²) in [5.41, 5.74) is 0.873. The minimum atomic E-state index is -4.35. The molecule has 0 aliphatic carbocycles. The van der Waals surface area contributed by atoms with Crippen molar-refractivity contribution >= 4 is 33.2 Å². The van der Waals surface area contributed by atoms with Gasteiger partial charge in [0.25, 0.3) is 10.0 Å². The molecule has 1 N–H and O–H groups in total. The summed E-state index contributed by atoms with van der Waals surface area (Å²) in [7, 11) is -4.35. The van der Waals surface area contributed by atoms with Crippen LogP contribution < -0.4 is 9.62 Å². The quantitative estimate of drug-likeness (QED) is 0.339. The predicted molar refractivity (Wildman–Crippen MR) is 143 cm³/mol. The molecule has 1 fully saturated rings. The van der Waals surface area contributed by atoms with Crippen molar-refractivity contribution in [3.8, 4) is 0 Å². The molecule has 1 aliphatic heterocycles. The van der Waals surface area contributed by atoms with Crippen molar-refractivity contribution < 1.29 is 26.7 Å². The van der Waals surface area contributed by atoms with Gasteiger partial charge in [0.2, 0.25) is 5.91 Å². The van der Waals surface area contributed by atoms with Crippen molar-refractivity contribution in [2.24, 2.45) is 0 Å². The monoisotopic (exact) mass is 562 g/mol. The first kappa shape index (κ1) is 28.0. The SMILES string of the molecule is C[C@H](c1ccccc1CCC(=O)NCC1CCCO1)N(c1cc(F)ccc1F)S(=O)(=O)c1ccc(Cl)cc1. The fraction of sp³-hybridized carbons (Fsp3) is 0.321. The Kier molecular flexibility index (Phi) is 9.02. The molecular formula is C28H29ClF2N2O4S. The molecule has 0 spiro atoms. The lowest BCUT2D eigenvalue weighted by Crippen LogP contribution is -2.35. The third-order valence-electron chi connectivity index (χ3n) is 6.55. The summed E-state index contributed by atoms with van der Waals surface area (Å²) in [6, 6.07) is 14.3. The van der Waals surface area contributed by atoms with Crippen molar-refractivity contribution in [2.75, 3.05) is 17.5 Å². The van der Waals surface area contributed by atoms with Gasteiger partial charge in [-0.25, -0.2) is 17.2 Å². The van der Waals surface area contributed by atoms with Crippen molar-refractivity contribution in [2.45, 2.75) is 49.6 Å². The summed E-state index contributed by atoms with van der Waals surface area (Å²) in [5.74, 6) is -1.81. The Hall–Kier alpha value is -3.01. The molecule has 1 heterocycles. The van der Waals surface area contributed by atoms with Gasteiger partial charge in [0.1, 0.15) is 11.6 Å². The second-order valence-electron chi connectivity index (χ2n) is 9.16.